The van der Waals surface area contributed by atoms with Crippen molar-refractivity contribution in [3.05, 3.63) is 73.8 Å². The Labute approximate surface area is 157 Å². The van der Waals surface area contributed by atoms with Crippen LogP contribution >= 0.6 is 0 Å². The van der Waals surface area contributed by atoms with Crippen LogP contribution in [0.4, 0.5) is 0 Å². The Bertz CT molecular complexity index is 685. The lowest BCUT2D eigenvalue weighted by atomic mass is 10.3. The van der Waals surface area contributed by atoms with Gasteiger partial charge in [0.2, 0.25) is 11.8 Å². The quantitative estimate of drug-likeness (QED) is 0.329. The van der Waals surface area contributed by atoms with Crippen LogP contribution in [0.1, 0.15) is 13.8 Å². The van der Waals surface area contributed by atoms with Crippen molar-refractivity contribution in [2.24, 2.45) is 0 Å². The second kappa shape index (κ2) is 11.6. The average Bonchev–Trinajstić information content (AvgIpc) is 2.60. The Hall–Kier alpha value is -3.88. The van der Waals surface area contributed by atoms with Gasteiger partial charge in [0, 0.05) is 11.1 Å². The van der Waals surface area contributed by atoms with E-state index in [1.807, 2.05) is 0 Å². The molecule has 9 nitrogen and oxygen atoms in total. The number of ether oxygens (including phenoxy) is 1. The Morgan fingerprint density at radius 3 is 1.30 bits per heavy atom. The Morgan fingerprint density at radius 2 is 1.04 bits per heavy atom. The van der Waals surface area contributed by atoms with Gasteiger partial charge in [-0.25, -0.2) is 0 Å². The van der Waals surface area contributed by atoms with Crippen LogP contribution in [0, 0.1) is 0 Å². The zero-order chi connectivity index (χ0) is 21.0. The summed E-state index contributed by atoms with van der Waals surface area (Å²) >= 11 is 0. The number of hydrogen-bond donors (Lipinski definition) is 4. The van der Waals surface area contributed by atoms with E-state index in [1.165, 1.54) is 13.8 Å². The fraction of sp³-hybridized carbons (Fsp3) is 0.111. The van der Waals surface area contributed by atoms with Gasteiger partial charge in [-0.15, -0.1) is 0 Å². The SMILES string of the molecule is C=CC(=O)NC(=COC=C(NC(=O)C=C)NC(=O)C(=C)C)NC(=O)C(=C)C. The van der Waals surface area contributed by atoms with Gasteiger partial charge >= 0.3 is 0 Å². The van der Waals surface area contributed by atoms with Gasteiger partial charge in [0.05, 0.1) is 0 Å². The monoisotopic (exact) mass is 374 g/mol. The lowest BCUT2D eigenvalue weighted by Gasteiger charge is -2.11. The van der Waals surface area contributed by atoms with Crippen LogP contribution in [-0.2, 0) is 23.9 Å². The predicted molar refractivity (Wildman–Crippen MR) is 99.8 cm³/mol. The molecule has 144 valence electrons. The normalized spacial score (nSPS) is 10.7. The van der Waals surface area contributed by atoms with E-state index in [9.17, 15) is 19.2 Å². The van der Waals surface area contributed by atoms with Gasteiger partial charge in [-0.1, -0.05) is 26.3 Å². The van der Waals surface area contributed by atoms with Crippen LogP contribution in [0.5, 0.6) is 0 Å². The van der Waals surface area contributed by atoms with Crippen molar-refractivity contribution in [1.82, 2.24) is 21.3 Å². The maximum atomic E-state index is 11.7. The summed E-state index contributed by atoms with van der Waals surface area (Å²) in [5.41, 5.74) is 0.383. The Kier molecular flexibility index (Phi) is 9.96. The molecule has 0 heterocycles. The van der Waals surface area contributed by atoms with Gasteiger partial charge in [0.1, 0.15) is 24.2 Å². The fourth-order valence-electron chi connectivity index (χ4n) is 1.18. The highest BCUT2D eigenvalue weighted by Crippen LogP contribution is 1.96. The van der Waals surface area contributed by atoms with Gasteiger partial charge in [-0.3, -0.25) is 19.2 Å². The Morgan fingerprint density at radius 1 is 0.704 bits per heavy atom. The summed E-state index contributed by atoms with van der Waals surface area (Å²) in [6, 6.07) is 0. The number of amides is 4. The summed E-state index contributed by atoms with van der Waals surface area (Å²) in [4.78, 5) is 46.2. The third-order valence-corrected chi connectivity index (χ3v) is 2.53. The van der Waals surface area contributed by atoms with E-state index < -0.39 is 23.6 Å². The summed E-state index contributed by atoms with van der Waals surface area (Å²) in [6.07, 6.45) is 3.91. The first kappa shape index (κ1) is 23.1. The van der Waals surface area contributed by atoms with E-state index in [-0.39, 0.29) is 22.8 Å². The first-order valence-electron chi connectivity index (χ1n) is 7.47. The zero-order valence-electron chi connectivity index (χ0n) is 15.2. The van der Waals surface area contributed by atoms with E-state index in [2.05, 4.69) is 47.6 Å². The van der Waals surface area contributed by atoms with Crippen molar-refractivity contribution in [3.8, 4) is 0 Å². The summed E-state index contributed by atoms with van der Waals surface area (Å²) < 4.78 is 5.10. The van der Waals surface area contributed by atoms with Crippen LogP contribution < -0.4 is 21.3 Å². The van der Waals surface area contributed by atoms with Gasteiger partial charge in [-0.2, -0.15) is 0 Å². The predicted octanol–water partition coefficient (Wildman–Crippen LogP) is 0.590. The van der Waals surface area contributed by atoms with E-state index in [1.54, 1.807) is 0 Å². The van der Waals surface area contributed by atoms with E-state index in [0.29, 0.717) is 0 Å². The molecule has 0 saturated heterocycles. The van der Waals surface area contributed by atoms with E-state index in [4.69, 9.17) is 4.74 Å². The smallest absolute Gasteiger partial charge is 0.251 e. The van der Waals surface area contributed by atoms with Crippen molar-refractivity contribution in [1.29, 1.82) is 0 Å². The summed E-state index contributed by atoms with van der Waals surface area (Å²) in [6.45, 7) is 16.5. The number of carbonyl (C=O) groups excluding carboxylic acids is 4. The van der Waals surface area contributed by atoms with Crippen LogP contribution in [0.25, 0.3) is 0 Å². The molecule has 0 radical (unpaired) electrons. The van der Waals surface area contributed by atoms with Crippen molar-refractivity contribution >= 4 is 23.6 Å². The zero-order valence-corrected chi connectivity index (χ0v) is 15.2. The fourth-order valence-corrected chi connectivity index (χ4v) is 1.18. The van der Waals surface area contributed by atoms with E-state index >= 15 is 0 Å². The molecule has 0 aromatic heterocycles. The van der Waals surface area contributed by atoms with Crippen molar-refractivity contribution in [3.63, 3.8) is 0 Å². The number of rotatable bonds is 10. The molecule has 9 heteroatoms. The minimum absolute atomic E-state index is 0.121. The minimum atomic E-state index is -0.605. The Balaban J connectivity index is 5.43. The molecule has 0 bridgehead atoms. The number of nitrogens with one attached hydrogen (secondary N) is 4. The van der Waals surface area contributed by atoms with Crippen LogP contribution in [-0.4, -0.2) is 23.6 Å². The lowest BCUT2D eigenvalue weighted by molar-refractivity contribution is -0.119. The second-order valence-electron chi connectivity index (χ2n) is 5.05. The van der Waals surface area contributed by atoms with Crippen molar-refractivity contribution < 1.29 is 23.9 Å². The molecule has 0 atom stereocenters. The van der Waals surface area contributed by atoms with Crippen LogP contribution in [0.2, 0.25) is 0 Å². The highest BCUT2D eigenvalue weighted by molar-refractivity contribution is 5.95. The molecule has 0 rings (SSSR count). The average molecular weight is 374 g/mol. The molecule has 0 fully saturated rings. The van der Waals surface area contributed by atoms with Crippen LogP contribution in [0.15, 0.2) is 73.8 Å². The van der Waals surface area contributed by atoms with Crippen LogP contribution in [0.3, 0.4) is 0 Å². The van der Waals surface area contributed by atoms with Gasteiger partial charge in [-0.05, 0) is 26.0 Å². The molecule has 0 aromatic carbocycles. The number of carbonyl (C=O) groups is 4. The first-order valence-corrected chi connectivity index (χ1v) is 7.47. The van der Waals surface area contributed by atoms with Gasteiger partial charge in [0.25, 0.3) is 11.8 Å². The first-order chi connectivity index (χ1) is 12.6. The van der Waals surface area contributed by atoms with Gasteiger partial charge in [0.15, 0.2) is 0 Å². The molecular weight excluding hydrogens is 352 g/mol. The maximum absolute atomic E-state index is 11.7. The molecular formula is C18H22N4O5. The lowest BCUT2D eigenvalue weighted by Crippen LogP contribution is -2.35. The standard InChI is InChI=1S/C18H22N4O5/c1-7-15(23)19-13(21-17(25)11(3)4)9-27-10-14(20-16(24)8-2)22-18(26)12(5)6/h7-10H,1-3,5H2,4,6H3,(H,19,23)(H,20,24)(H,21,25)(H,22,26). The molecule has 0 aliphatic carbocycles. The molecule has 27 heavy (non-hydrogen) atoms. The molecule has 0 spiro atoms. The molecule has 0 unspecified atom stereocenters. The molecule has 0 aliphatic heterocycles. The van der Waals surface area contributed by atoms with Crippen molar-refractivity contribution in [2.45, 2.75) is 13.8 Å². The number of hydrogen-bond acceptors (Lipinski definition) is 5. The second-order valence-corrected chi connectivity index (χ2v) is 5.05. The largest absolute Gasteiger partial charge is 0.465 e. The summed E-state index contributed by atoms with van der Waals surface area (Å²) in [7, 11) is 0. The highest BCUT2D eigenvalue weighted by atomic mass is 16.5. The molecule has 0 aromatic rings. The van der Waals surface area contributed by atoms with E-state index in [0.717, 1.165) is 24.7 Å². The third-order valence-electron chi connectivity index (χ3n) is 2.53. The van der Waals surface area contributed by atoms with Crippen molar-refractivity contribution in [2.75, 3.05) is 0 Å². The maximum Gasteiger partial charge on any atom is 0.251 e. The highest BCUT2D eigenvalue weighted by Gasteiger charge is 2.09. The molecule has 4 N–H and O–H groups in total. The molecule has 4 amide bonds. The topological polar surface area (TPSA) is 126 Å². The third kappa shape index (κ3) is 9.87. The molecule has 0 aliphatic rings. The summed E-state index contributed by atoms with van der Waals surface area (Å²) in [5, 5.41) is 9.32. The molecule has 0 saturated carbocycles. The minimum Gasteiger partial charge on any atom is -0.465 e. The van der Waals surface area contributed by atoms with Gasteiger partial charge < -0.3 is 26.0 Å². The summed E-state index contributed by atoms with van der Waals surface area (Å²) in [5.74, 6) is -2.57.